The molecule has 0 saturated heterocycles. The number of carbonyl (C=O) groups is 1. The van der Waals surface area contributed by atoms with Gasteiger partial charge in [0.1, 0.15) is 29.7 Å². The van der Waals surface area contributed by atoms with Crippen molar-refractivity contribution in [2.24, 2.45) is 0 Å². The number of ether oxygens (including phenoxy) is 2. The molecule has 1 N–H and O–H groups in total. The Bertz CT molecular complexity index is 924. The molecule has 0 radical (unpaired) electrons. The summed E-state index contributed by atoms with van der Waals surface area (Å²) in [6.07, 6.45) is 4.20. The lowest BCUT2D eigenvalue weighted by atomic mass is 10.0. The van der Waals surface area contributed by atoms with Crippen LogP contribution in [0.1, 0.15) is 11.1 Å². The fraction of sp³-hybridized carbons (Fsp3) is 0.182. The fourth-order valence-electron chi connectivity index (χ4n) is 2.77. The van der Waals surface area contributed by atoms with Gasteiger partial charge in [-0.15, -0.1) is 0 Å². The summed E-state index contributed by atoms with van der Waals surface area (Å²) in [5.41, 5.74) is 2.85. The Morgan fingerprint density at radius 1 is 1.30 bits per heavy atom. The number of methoxy groups -OCH3 is 1. The summed E-state index contributed by atoms with van der Waals surface area (Å²) in [5, 5.41) is 12.1. The van der Waals surface area contributed by atoms with E-state index in [1.807, 2.05) is 60.7 Å². The number of fused-ring (bicyclic) bond motifs is 1. The molecule has 2 aromatic carbocycles. The molecule has 5 heteroatoms. The summed E-state index contributed by atoms with van der Waals surface area (Å²) in [6, 6.07) is 17.4. The van der Waals surface area contributed by atoms with E-state index in [4.69, 9.17) is 9.47 Å². The van der Waals surface area contributed by atoms with Crippen molar-refractivity contribution in [2.45, 2.75) is 6.42 Å². The molecule has 0 aromatic heterocycles. The van der Waals surface area contributed by atoms with Gasteiger partial charge in [-0.3, -0.25) is 4.79 Å². The van der Waals surface area contributed by atoms with Crippen LogP contribution in [-0.4, -0.2) is 26.2 Å². The first kappa shape index (κ1) is 18.3. The Hall–Kier alpha value is -3.52. The van der Waals surface area contributed by atoms with Crippen molar-refractivity contribution in [3.05, 3.63) is 76.9 Å². The van der Waals surface area contributed by atoms with Crippen LogP contribution in [0.5, 0.6) is 11.5 Å². The van der Waals surface area contributed by atoms with Gasteiger partial charge in [-0.2, -0.15) is 5.26 Å². The smallest absolute Gasteiger partial charge is 0.261 e. The standard InChI is InChI=1S/C22H20N2O3/c1-26-20-8-7-18-11-17(15-27-21(18)13-20)12-19(14-23)22(25)24-10-9-16-5-3-2-4-6-16/h2-8,11-13H,9-10,15H2,1H3,(H,24,25)/b19-12+. The van der Waals surface area contributed by atoms with Crippen molar-refractivity contribution in [2.75, 3.05) is 20.3 Å². The molecule has 3 rings (SSSR count). The van der Waals surface area contributed by atoms with Crippen molar-refractivity contribution in [1.82, 2.24) is 5.32 Å². The van der Waals surface area contributed by atoms with E-state index >= 15 is 0 Å². The van der Waals surface area contributed by atoms with E-state index in [0.29, 0.717) is 19.6 Å². The van der Waals surface area contributed by atoms with Gasteiger partial charge in [-0.05, 0) is 41.8 Å². The van der Waals surface area contributed by atoms with Gasteiger partial charge < -0.3 is 14.8 Å². The molecule has 0 aliphatic carbocycles. The number of nitrogens with one attached hydrogen (secondary N) is 1. The Labute approximate surface area is 158 Å². The highest BCUT2D eigenvalue weighted by molar-refractivity contribution is 5.98. The van der Waals surface area contributed by atoms with Gasteiger partial charge in [0.25, 0.3) is 5.91 Å². The zero-order valence-corrected chi connectivity index (χ0v) is 15.1. The lowest BCUT2D eigenvalue weighted by Crippen LogP contribution is -2.27. The van der Waals surface area contributed by atoms with E-state index in [9.17, 15) is 10.1 Å². The Kier molecular flexibility index (Phi) is 5.91. The van der Waals surface area contributed by atoms with E-state index in [0.717, 1.165) is 28.2 Å². The highest BCUT2D eigenvalue weighted by Crippen LogP contribution is 2.30. The van der Waals surface area contributed by atoms with Gasteiger partial charge >= 0.3 is 0 Å². The van der Waals surface area contributed by atoms with Crippen LogP contribution in [0.4, 0.5) is 0 Å². The van der Waals surface area contributed by atoms with E-state index in [-0.39, 0.29) is 11.5 Å². The first-order chi connectivity index (χ1) is 13.2. The number of hydrogen-bond donors (Lipinski definition) is 1. The monoisotopic (exact) mass is 360 g/mol. The molecule has 1 heterocycles. The predicted molar refractivity (Wildman–Crippen MR) is 103 cm³/mol. The minimum absolute atomic E-state index is 0.0647. The molecule has 5 nitrogen and oxygen atoms in total. The van der Waals surface area contributed by atoms with Crippen molar-refractivity contribution in [1.29, 1.82) is 5.26 Å². The van der Waals surface area contributed by atoms with E-state index in [1.54, 1.807) is 13.2 Å². The van der Waals surface area contributed by atoms with Crippen LogP contribution in [0, 0.1) is 11.3 Å². The molecule has 27 heavy (non-hydrogen) atoms. The third kappa shape index (κ3) is 4.77. The molecule has 0 fully saturated rings. The average molecular weight is 360 g/mol. The van der Waals surface area contributed by atoms with Crippen LogP contribution in [0.25, 0.3) is 6.08 Å². The molecule has 0 spiro atoms. The summed E-state index contributed by atoms with van der Waals surface area (Å²) in [7, 11) is 1.60. The minimum Gasteiger partial charge on any atom is -0.497 e. The van der Waals surface area contributed by atoms with Gasteiger partial charge in [0.2, 0.25) is 0 Å². The molecule has 1 aliphatic rings. The van der Waals surface area contributed by atoms with E-state index in [1.165, 1.54) is 0 Å². The van der Waals surface area contributed by atoms with E-state index < -0.39 is 0 Å². The highest BCUT2D eigenvalue weighted by Gasteiger charge is 2.14. The lowest BCUT2D eigenvalue weighted by molar-refractivity contribution is -0.117. The van der Waals surface area contributed by atoms with Crippen LogP contribution in [0.15, 0.2) is 65.8 Å². The number of nitriles is 1. The first-order valence-corrected chi connectivity index (χ1v) is 8.65. The first-order valence-electron chi connectivity index (χ1n) is 8.65. The van der Waals surface area contributed by atoms with Crippen LogP contribution >= 0.6 is 0 Å². The number of carbonyl (C=O) groups excluding carboxylic acids is 1. The maximum Gasteiger partial charge on any atom is 0.261 e. The van der Waals surface area contributed by atoms with E-state index in [2.05, 4.69) is 5.32 Å². The zero-order valence-electron chi connectivity index (χ0n) is 15.1. The van der Waals surface area contributed by atoms with Gasteiger partial charge in [-0.1, -0.05) is 30.3 Å². The second kappa shape index (κ2) is 8.72. The molecule has 1 aliphatic heterocycles. The van der Waals surface area contributed by atoms with Crippen LogP contribution in [-0.2, 0) is 11.2 Å². The second-order valence-electron chi connectivity index (χ2n) is 6.07. The Morgan fingerprint density at radius 2 is 2.11 bits per heavy atom. The van der Waals surface area contributed by atoms with Gasteiger partial charge in [0.05, 0.1) is 7.11 Å². The predicted octanol–water partition coefficient (Wildman–Crippen LogP) is 3.28. The number of nitrogens with zero attached hydrogens (tertiary/aromatic N) is 1. The number of rotatable bonds is 6. The SMILES string of the molecule is COc1ccc2c(c1)OCC(/C=C(\C#N)C(=O)NCCc1ccccc1)=C2. The zero-order chi connectivity index (χ0) is 19.1. The van der Waals surface area contributed by atoms with Crippen molar-refractivity contribution < 1.29 is 14.3 Å². The Balaban J connectivity index is 1.65. The van der Waals surface area contributed by atoms with Crippen LogP contribution < -0.4 is 14.8 Å². The number of benzene rings is 2. The maximum absolute atomic E-state index is 12.3. The van der Waals surface area contributed by atoms with Gasteiger partial charge in [0.15, 0.2) is 0 Å². The van der Waals surface area contributed by atoms with Gasteiger partial charge in [-0.25, -0.2) is 0 Å². The largest absolute Gasteiger partial charge is 0.497 e. The number of hydrogen-bond acceptors (Lipinski definition) is 4. The maximum atomic E-state index is 12.3. The topological polar surface area (TPSA) is 71.3 Å². The van der Waals surface area contributed by atoms with Crippen molar-refractivity contribution in [3.8, 4) is 17.6 Å². The highest BCUT2D eigenvalue weighted by atomic mass is 16.5. The molecule has 1 amide bonds. The molecule has 0 saturated carbocycles. The molecule has 0 bridgehead atoms. The molecule has 136 valence electrons. The normalized spacial score (nSPS) is 12.9. The van der Waals surface area contributed by atoms with Crippen molar-refractivity contribution in [3.63, 3.8) is 0 Å². The summed E-state index contributed by atoms with van der Waals surface area (Å²) in [4.78, 5) is 12.3. The quantitative estimate of drug-likeness (QED) is 0.634. The summed E-state index contributed by atoms with van der Waals surface area (Å²) in [6.45, 7) is 0.767. The lowest BCUT2D eigenvalue weighted by Gasteiger charge is -2.17. The summed E-state index contributed by atoms with van der Waals surface area (Å²) >= 11 is 0. The Morgan fingerprint density at radius 3 is 2.85 bits per heavy atom. The number of amides is 1. The molecule has 0 atom stereocenters. The van der Waals surface area contributed by atoms with Gasteiger partial charge in [0, 0.05) is 18.2 Å². The summed E-state index contributed by atoms with van der Waals surface area (Å²) in [5.74, 6) is 1.06. The third-order valence-corrected chi connectivity index (χ3v) is 4.19. The molecular weight excluding hydrogens is 340 g/mol. The van der Waals surface area contributed by atoms with Crippen LogP contribution in [0.2, 0.25) is 0 Å². The van der Waals surface area contributed by atoms with Crippen molar-refractivity contribution >= 4 is 12.0 Å². The second-order valence-corrected chi connectivity index (χ2v) is 6.07. The molecule has 2 aromatic rings. The van der Waals surface area contributed by atoms with Crippen LogP contribution in [0.3, 0.4) is 0 Å². The third-order valence-electron chi connectivity index (χ3n) is 4.19. The fourth-order valence-corrected chi connectivity index (χ4v) is 2.77. The molecular formula is C22H20N2O3. The minimum atomic E-state index is -0.380. The average Bonchev–Trinajstić information content (AvgIpc) is 2.72. The molecule has 0 unspecified atom stereocenters. The summed E-state index contributed by atoms with van der Waals surface area (Å²) < 4.78 is 10.9.